The van der Waals surface area contributed by atoms with Crippen molar-refractivity contribution < 1.29 is 14.3 Å². The summed E-state index contributed by atoms with van der Waals surface area (Å²) in [5, 5.41) is 3.02. The molecule has 1 unspecified atom stereocenters. The van der Waals surface area contributed by atoms with Crippen molar-refractivity contribution in [1.82, 2.24) is 15.1 Å². The molecule has 3 heterocycles. The molecule has 3 saturated heterocycles. The van der Waals surface area contributed by atoms with Gasteiger partial charge in [0.05, 0.1) is 25.1 Å². The van der Waals surface area contributed by atoms with Crippen molar-refractivity contribution in [1.29, 1.82) is 0 Å². The number of nitrogens with zero attached hydrogens (tertiary/aromatic N) is 2. The summed E-state index contributed by atoms with van der Waals surface area (Å²) in [5.74, 6) is 0.305. The zero-order valence-corrected chi connectivity index (χ0v) is 16.1. The molecule has 27 heavy (non-hydrogen) atoms. The fourth-order valence-electron chi connectivity index (χ4n) is 4.76. The summed E-state index contributed by atoms with van der Waals surface area (Å²) in [4.78, 5) is 29.1. The highest BCUT2D eigenvalue weighted by atomic mass is 16.5. The number of carbonyl (C=O) groups is 2. The third kappa shape index (κ3) is 3.87. The minimum absolute atomic E-state index is 0.0493. The fraction of sp³-hybridized carbons (Fsp3) is 0.619. The third-order valence-corrected chi connectivity index (χ3v) is 6.32. The number of hydrogen-bond donors (Lipinski definition) is 1. The number of likely N-dealkylation sites (tertiary alicyclic amines) is 1. The van der Waals surface area contributed by atoms with Gasteiger partial charge in [0, 0.05) is 32.3 Å². The minimum Gasteiger partial charge on any atom is -0.379 e. The Morgan fingerprint density at radius 1 is 1.33 bits per heavy atom. The van der Waals surface area contributed by atoms with Gasteiger partial charge < -0.3 is 15.0 Å². The Morgan fingerprint density at radius 2 is 2.15 bits per heavy atom. The number of rotatable bonds is 3. The quantitative estimate of drug-likeness (QED) is 0.865. The lowest BCUT2D eigenvalue weighted by atomic mass is 9.89. The average molecular weight is 371 g/mol. The van der Waals surface area contributed by atoms with Crippen LogP contribution in [0.3, 0.4) is 0 Å². The first-order valence-corrected chi connectivity index (χ1v) is 10.0. The van der Waals surface area contributed by atoms with Crippen LogP contribution in [0, 0.1) is 6.92 Å². The molecule has 4 rings (SSSR count). The maximum Gasteiger partial charge on any atom is 0.234 e. The molecule has 0 radical (unpaired) electrons. The van der Waals surface area contributed by atoms with Crippen molar-refractivity contribution in [2.45, 2.75) is 44.2 Å². The summed E-state index contributed by atoms with van der Waals surface area (Å²) in [6.07, 6.45) is 3.29. The number of hydrogen-bond acceptors (Lipinski definition) is 4. The molecule has 1 atom stereocenters. The van der Waals surface area contributed by atoms with Crippen LogP contribution in [0.2, 0.25) is 0 Å². The summed E-state index contributed by atoms with van der Waals surface area (Å²) in [6.45, 7) is 6.18. The van der Waals surface area contributed by atoms with Gasteiger partial charge in [-0.05, 0) is 31.7 Å². The van der Waals surface area contributed by atoms with E-state index in [1.165, 1.54) is 5.56 Å². The van der Waals surface area contributed by atoms with Gasteiger partial charge in [0.2, 0.25) is 11.8 Å². The number of benzene rings is 1. The molecule has 1 aromatic carbocycles. The summed E-state index contributed by atoms with van der Waals surface area (Å²) >= 11 is 0. The van der Waals surface area contributed by atoms with Gasteiger partial charge >= 0.3 is 0 Å². The van der Waals surface area contributed by atoms with E-state index >= 15 is 0 Å². The number of ether oxygens (including phenoxy) is 1. The molecule has 3 aliphatic rings. The maximum absolute atomic E-state index is 12.7. The molecular weight excluding hydrogens is 342 g/mol. The van der Waals surface area contributed by atoms with Crippen molar-refractivity contribution in [2.24, 2.45) is 0 Å². The standard InChI is InChI=1S/C21H29N3O3/c1-16-3-2-4-17(11-16)12-20(26)23-8-5-18(6-9-23)24-13-19(25)22-14-21(24)7-10-27-15-21/h2-4,11,18H,5-10,12-15H2,1H3,(H,22,25). The van der Waals surface area contributed by atoms with Crippen LogP contribution in [0.25, 0.3) is 0 Å². The molecule has 3 fully saturated rings. The van der Waals surface area contributed by atoms with E-state index in [1.54, 1.807) is 0 Å². The van der Waals surface area contributed by atoms with Crippen molar-refractivity contribution in [3.8, 4) is 0 Å². The lowest BCUT2D eigenvalue weighted by Gasteiger charge is -2.49. The van der Waals surface area contributed by atoms with Crippen molar-refractivity contribution in [3.63, 3.8) is 0 Å². The molecule has 0 aliphatic carbocycles. The monoisotopic (exact) mass is 371 g/mol. The van der Waals surface area contributed by atoms with Gasteiger partial charge in [-0.1, -0.05) is 29.8 Å². The Labute approximate surface area is 160 Å². The first-order chi connectivity index (χ1) is 13.1. The van der Waals surface area contributed by atoms with Gasteiger partial charge in [-0.2, -0.15) is 0 Å². The summed E-state index contributed by atoms with van der Waals surface area (Å²) in [6, 6.07) is 8.51. The van der Waals surface area contributed by atoms with Crippen LogP contribution in [-0.2, 0) is 20.7 Å². The zero-order chi connectivity index (χ0) is 18.9. The summed E-state index contributed by atoms with van der Waals surface area (Å²) in [7, 11) is 0. The highest BCUT2D eigenvalue weighted by Crippen LogP contribution is 2.32. The van der Waals surface area contributed by atoms with Crippen LogP contribution >= 0.6 is 0 Å². The zero-order valence-electron chi connectivity index (χ0n) is 16.1. The number of amides is 2. The second-order valence-electron chi connectivity index (χ2n) is 8.21. The molecule has 1 aromatic rings. The predicted molar refractivity (Wildman–Crippen MR) is 102 cm³/mol. The van der Waals surface area contributed by atoms with E-state index in [0.717, 1.165) is 44.5 Å². The first kappa shape index (κ1) is 18.4. The van der Waals surface area contributed by atoms with Crippen LogP contribution in [0.4, 0.5) is 0 Å². The van der Waals surface area contributed by atoms with Gasteiger partial charge in [0.15, 0.2) is 0 Å². The first-order valence-electron chi connectivity index (χ1n) is 10.0. The van der Waals surface area contributed by atoms with E-state index in [1.807, 2.05) is 17.0 Å². The van der Waals surface area contributed by atoms with E-state index in [0.29, 0.717) is 32.2 Å². The van der Waals surface area contributed by atoms with Crippen LogP contribution in [0.15, 0.2) is 24.3 Å². The average Bonchev–Trinajstić information content (AvgIpc) is 3.13. The number of nitrogens with one attached hydrogen (secondary N) is 1. The highest BCUT2D eigenvalue weighted by Gasteiger charge is 2.47. The van der Waals surface area contributed by atoms with Crippen LogP contribution in [-0.4, -0.2) is 72.6 Å². The molecular formula is C21H29N3O3. The van der Waals surface area contributed by atoms with E-state index in [-0.39, 0.29) is 17.4 Å². The minimum atomic E-state index is -0.0493. The molecule has 3 aliphatic heterocycles. The fourth-order valence-corrected chi connectivity index (χ4v) is 4.76. The largest absolute Gasteiger partial charge is 0.379 e. The van der Waals surface area contributed by atoms with E-state index in [2.05, 4.69) is 29.3 Å². The van der Waals surface area contributed by atoms with Gasteiger partial charge in [-0.25, -0.2) is 0 Å². The predicted octanol–water partition coefficient (Wildman–Crippen LogP) is 1.12. The lowest BCUT2D eigenvalue weighted by molar-refractivity contribution is -0.136. The molecule has 0 bridgehead atoms. The Hall–Kier alpha value is -1.92. The second-order valence-corrected chi connectivity index (χ2v) is 8.21. The van der Waals surface area contributed by atoms with E-state index in [4.69, 9.17) is 4.74 Å². The van der Waals surface area contributed by atoms with Gasteiger partial charge in [0.1, 0.15) is 0 Å². The Kier molecular flexibility index (Phi) is 5.19. The highest BCUT2D eigenvalue weighted by molar-refractivity contribution is 5.80. The third-order valence-electron chi connectivity index (χ3n) is 6.32. The lowest BCUT2D eigenvalue weighted by Crippen LogP contribution is -2.67. The molecule has 1 N–H and O–H groups in total. The van der Waals surface area contributed by atoms with Gasteiger partial charge in [-0.15, -0.1) is 0 Å². The molecule has 0 aromatic heterocycles. The Balaban J connectivity index is 1.36. The van der Waals surface area contributed by atoms with E-state index in [9.17, 15) is 9.59 Å². The summed E-state index contributed by atoms with van der Waals surface area (Å²) in [5.41, 5.74) is 2.22. The number of aryl methyl sites for hydroxylation is 1. The SMILES string of the molecule is Cc1cccc(CC(=O)N2CCC(N3CC(=O)NCC34CCOC4)CC2)c1. The molecule has 1 spiro atoms. The van der Waals surface area contributed by atoms with Crippen LogP contribution in [0.1, 0.15) is 30.4 Å². The van der Waals surface area contributed by atoms with Gasteiger partial charge in [0.25, 0.3) is 0 Å². The topological polar surface area (TPSA) is 61.9 Å². The van der Waals surface area contributed by atoms with Crippen LogP contribution < -0.4 is 5.32 Å². The van der Waals surface area contributed by atoms with Crippen LogP contribution in [0.5, 0.6) is 0 Å². The molecule has 6 heteroatoms. The molecule has 6 nitrogen and oxygen atoms in total. The number of piperidine rings is 1. The van der Waals surface area contributed by atoms with Gasteiger partial charge in [-0.3, -0.25) is 14.5 Å². The van der Waals surface area contributed by atoms with Crippen molar-refractivity contribution >= 4 is 11.8 Å². The molecule has 0 saturated carbocycles. The Bertz CT molecular complexity index is 706. The Morgan fingerprint density at radius 3 is 2.85 bits per heavy atom. The number of carbonyl (C=O) groups excluding carboxylic acids is 2. The summed E-state index contributed by atoms with van der Waals surface area (Å²) < 4.78 is 5.67. The molecule has 2 amide bonds. The maximum atomic E-state index is 12.7. The smallest absolute Gasteiger partial charge is 0.234 e. The number of piperazine rings is 1. The van der Waals surface area contributed by atoms with E-state index < -0.39 is 0 Å². The van der Waals surface area contributed by atoms with Crippen molar-refractivity contribution in [2.75, 3.05) is 39.4 Å². The van der Waals surface area contributed by atoms with Crippen molar-refractivity contribution in [3.05, 3.63) is 35.4 Å². The normalized spacial score (nSPS) is 27.1. The second kappa shape index (κ2) is 7.60. The molecule has 146 valence electrons.